The number of carbonyl (C=O) groups is 1. The van der Waals surface area contributed by atoms with Gasteiger partial charge in [0.1, 0.15) is 0 Å². The zero-order chi connectivity index (χ0) is 15.1. The Morgan fingerprint density at radius 3 is 2.41 bits per heavy atom. The summed E-state index contributed by atoms with van der Waals surface area (Å²) in [5.41, 5.74) is 5.22. The molecule has 0 spiro atoms. The van der Waals surface area contributed by atoms with Gasteiger partial charge in [-0.15, -0.1) is 0 Å². The lowest BCUT2D eigenvalue weighted by Gasteiger charge is -2.26. The maximum Gasteiger partial charge on any atom is 0.229 e. The minimum absolute atomic E-state index is 0.00169. The third-order valence-corrected chi connectivity index (χ3v) is 3.94. The fraction of sp³-hybridized carbons (Fsp3) is 0.118. The Morgan fingerprint density at radius 1 is 1.00 bits per heavy atom. The van der Waals surface area contributed by atoms with E-state index in [1.54, 1.807) is 11.8 Å². The molecule has 5 nitrogen and oxygen atoms in total. The first-order valence-corrected chi connectivity index (χ1v) is 7.07. The number of carbonyl (C=O) groups excluding carboxylic acids is 1. The molecule has 0 radical (unpaired) electrons. The smallest absolute Gasteiger partial charge is 0.229 e. The summed E-state index contributed by atoms with van der Waals surface area (Å²) < 4.78 is 0. The molecular formula is C17H13N4O+. The number of rotatable bonds is 0. The van der Waals surface area contributed by atoms with Crippen LogP contribution in [0, 0.1) is 0 Å². The standard InChI is InChI=1S/C17H13N4O/c1-11(22)21-10-12-6-2-3-7-13(12)16-17(19-20-18-16)14-8-4-5-9-15(14)21/h2-9H,10H2,1H3/q+1. The van der Waals surface area contributed by atoms with Crippen molar-refractivity contribution >= 4 is 23.0 Å². The molecule has 2 aromatic carbocycles. The zero-order valence-electron chi connectivity index (χ0n) is 12.0. The van der Waals surface area contributed by atoms with Gasteiger partial charge in [-0.05, 0) is 11.6 Å². The molecule has 0 unspecified atom stereocenters. The Kier molecular flexibility index (Phi) is 2.74. The normalized spacial score (nSPS) is 15.0. The highest BCUT2D eigenvalue weighted by Crippen LogP contribution is 2.39. The third-order valence-electron chi connectivity index (χ3n) is 3.94. The molecule has 106 valence electrons. The lowest BCUT2D eigenvalue weighted by molar-refractivity contribution is -0.116. The van der Waals surface area contributed by atoms with Gasteiger partial charge < -0.3 is 4.90 Å². The Hall–Kier alpha value is -3.04. The number of amides is 1. The van der Waals surface area contributed by atoms with E-state index in [-0.39, 0.29) is 5.91 Å². The van der Waals surface area contributed by atoms with E-state index in [1.165, 1.54) is 0 Å². The first-order valence-electron chi connectivity index (χ1n) is 7.07. The van der Waals surface area contributed by atoms with Gasteiger partial charge in [-0.2, -0.15) is 0 Å². The van der Waals surface area contributed by atoms with Crippen molar-refractivity contribution in [3.63, 3.8) is 0 Å². The fourth-order valence-electron chi connectivity index (χ4n) is 2.90. The van der Waals surface area contributed by atoms with Gasteiger partial charge in [0, 0.05) is 18.1 Å². The molecule has 0 fully saturated rings. The fourth-order valence-corrected chi connectivity index (χ4v) is 2.90. The van der Waals surface area contributed by atoms with E-state index in [4.69, 9.17) is 0 Å². The number of hydrogen-bond acceptors (Lipinski definition) is 3. The molecule has 0 saturated heterocycles. The van der Waals surface area contributed by atoms with Gasteiger partial charge in [0.15, 0.2) is 21.6 Å². The Morgan fingerprint density at radius 2 is 1.64 bits per heavy atom. The van der Waals surface area contributed by atoms with E-state index in [9.17, 15) is 4.79 Å². The van der Waals surface area contributed by atoms with Crippen LogP contribution in [0.3, 0.4) is 0 Å². The summed E-state index contributed by atoms with van der Waals surface area (Å²) >= 11 is 0. The van der Waals surface area contributed by atoms with Crippen molar-refractivity contribution in [3.05, 3.63) is 65.2 Å². The molecule has 5 heteroatoms. The van der Waals surface area contributed by atoms with Crippen molar-refractivity contribution in [3.8, 4) is 0 Å². The quantitative estimate of drug-likeness (QED) is 0.686. The summed E-state index contributed by atoms with van der Waals surface area (Å²) in [7, 11) is 0. The maximum absolute atomic E-state index is 12.2. The van der Waals surface area contributed by atoms with E-state index in [0.717, 1.165) is 28.1 Å². The van der Waals surface area contributed by atoms with E-state index in [2.05, 4.69) is 15.1 Å². The van der Waals surface area contributed by atoms with Gasteiger partial charge >= 0.3 is 0 Å². The number of benzene rings is 2. The molecule has 0 saturated carbocycles. The van der Waals surface area contributed by atoms with E-state index in [0.29, 0.717) is 12.2 Å². The van der Waals surface area contributed by atoms with Crippen molar-refractivity contribution in [1.29, 1.82) is 0 Å². The monoisotopic (exact) mass is 289 g/mol. The second kappa shape index (κ2) is 4.76. The van der Waals surface area contributed by atoms with Gasteiger partial charge in [-0.25, -0.2) is 0 Å². The molecule has 0 atom stereocenters. The predicted molar refractivity (Wildman–Crippen MR) is 83.6 cm³/mol. The van der Waals surface area contributed by atoms with Crippen molar-refractivity contribution in [1.82, 2.24) is 4.91 Å². The van der Waals surface area contributed by atoms with Crippen LogP contribution in [0.15, 0.2) is 58.8 Å². The Balaban J connectivity index is 2.07. The summed E-state index contributed by atoms with van der Waals surface area (Å²) in [6, 6.07) is 15.7. The van der Waals surface area contributed by atoms with Crippen molar-refractivity contribution < 1.29 is 4.79 Å². The molecular weight excluding hydrogens is 276 g/mol. The van der Waals surface area contributed by atoms with Gasteiger partial charge in [0.2, 0.25) is 10.8 Å². The molecule has 4 rings (SSSR count). The average Bonchev–Trinajstić information content (AvgIpc) is 3.00. The third kappa shape index (κ3) is 1.80. The van der Waals surface area contributed by atoms with Crippen LogP contribution in [0.2, 0.25) is 0 Å². The molecule has 0 aliphatic carbocycles. The van der Waals surface area contributed by atoms with Gasteiger partial charge in [0.05, 0.1) is 12.2 Å². The SMILES string of the molecule is CC(=O)N1Cc2ccccc2C2=C(N=[N+]=N2)c2ccccc21. The van der Waals surface area contributed by atoms with Crippen LogP contribution in [0.25, 0.3) is 11.4 Å². The van der Waals surface area contributed by atoms with Crippen LogP contribution in [-0.2, 0) is 11.3 Å². The molecule has 0 N–H and O–H groups in total. The number of para-hydroxylation sites is 1. The largest absolute Gasteiger partial charge is 0.308 e. The predicted octanol–water partition coefficient (Wildman–Crippen LogP) is 3.36. The minimum Gasteiger partial charge on any atom is -0.308 e. The topological polar surface area (TPSA) is 59.1 Å². The van der Waals surface area contributed by atoms with Gasteiger partial charge in [0.25, 0.3) is 0 Å². The molecule has 2 heterocycles. The van der Waals surface area contributed by atoms with Gasteiger partial charge in [-0.3, -0.25) is 4.79 Å². The summed E-state index contributed by atoms with van der Waals surface area (Å²) in [6.07, 6.45) is 0. The van der Waals surface area contributed by atoms with Crippen LogP contribution < -0.4 is 9.81 Å². The number of nitrogens with zero attached hydrogens (tertiary/aromatic N) is 4. The van der Waals surface area contributed by atoms with Crippen LogP contribution in [0.4, 0.5) is 5.69 Å². The highest BCUT2D eigenvalue weighted by atomic mass is 16.2. The molecule has 0 aromatic heterocycles. The first-order chi connectivity index (χ1) is 10.8. The lowest BCUT2D eigenvalue weighted by atomic mass is 9.96. The van der Waals surface area contributed by atoms with Crippen molar-refractivity contribution in [2.45, 2.75) is 13.5 Å². The number of hydrogen-bond donors (Lipinski definition) is 0. The summed E-state index contributed by atoms with van der Waals surface area (Å²) in [5, 5.41) is 8.40. The highest BCUT2D eigenvalue weighted by molar-refractivity contribution is 6.01. The summed E-state index contributed by atoms with van der Waals surface area (Å²) in [6.45, 7) is 2.09. The van der Waals surface area contributed by atoms with Crippen molar-refractivity contribution in [2.24, 2.45) is 10.2 Å². The minimum atomic E-state index is -0.00169. The maximum atomic E-state index is 12.2. The summed E-state index contributed by atoms with van der Waals surface area (Å²) in [5.74, 6) is -0.00169. The zero-order valence-corrected chi connectivity index (χ0v) is 12.0. The van der Waals surface area contributed by atoms with Crippen LogP contribution in [-0.4, -0.2) is 5.91 Å². The number of fused-ring (bicyclic) bond motifs is 4. The van der Waals surface area contributed by atoms with Crippen LogP contribution in [0.5, 0.6) is 0 Å². The molecule has 0 bridgehead atoms. The van der Waals surface area contributed by atoms with E-state index in [1.807, 2.05) is 48.5 Å². The van der Waals surface area contributed by atoms with Crippen LogP contribution in [0.1, 0.15) is 23.6 Å². The second-order valence-electron chi connectivity index (χ2n) is 5.27. The lowest BCUT2D eigenvalue weighted by Crippen LogP contribution is -2.29. The van der Waals surface area contributed by atoms with E-state index >= 15 is 0 Å². The average molecular weight is 289 g/mol. The van der Waals surface area contributed by atoms with Crippen molar-refractivity contribution in [2.75, 3.05) is 4.90 Å². The van der Waals surface area contributed by atoms with Gasteiger partial charge in [-0.1, -0.05) is 42.5 Å². The first kappa shape index (κ1) is 12.7. The number of anilines is 1. The van der Waals surface area contributed by atoms with E-state index < -0.39 is 0 Å². The Bertz CT molecular complexity index is 891. The molecule has 2 aliphatic rings. The second-order valence-corrected chi connectivity index (χ2v) is 5.27. The highest BCUT2D eigenvalue weighted by Gasteiger charge is 2.31. The Labute approximate surface area is 127 Å². The molecule has 2 aliphatic heterocycles. The molecule has 1 amide bonds. The summed E-state index contributed by atoms with van der Waals surface area (Å²) in [4.78, 5) is 17.8. The molecule has 2 aromatic rings. The van der Waals surface area contributed by atoms with Crippen LogP contribution >= 0.6 is 0 Å². The molecule has 22 heavy (non-hydrogen) atoms.